The molecule has 0 bridgehead atoms. The lowest BCUT2D eigenvalue weighted by molar-refractivity contribution is -0.156. The van der Waals surface area contributed by atoms with E-state index in [-0.39, 0.29) is 19.2 Å². The van der Waals surface area contributed by atoms with Crippen LogP contribution in [-0.4, -0.2) is 50.7 Å². The molecule has 1 N–H and O–H groups in total. The molecule has 0 heterocycles. The lowest BCUT2D eigenvalue weighted by Crippen LogP contribution is -2.27. The summed E-state index contributed by atoms with van der Waals surface area (Å²) in [4.78, 5) is 11.7. The molecule has 0 amide bonds. The van der Waals surface area contributed by atoms with Crippen molar-refractivity contribution in [3.05, 3.63) is 0 Å². The molecule has 108 valence electrons. The Morgan fingerprint density at radius 2 is 1.61 bits per heavy atom. The van der Waals surface area contributed by atoms with E-state index in [9.17, 15) is 4.79 Å². The number of aliphatic hydroxyl groups excluding tert-OH is 1. The minimum Gasteiger partial charge on any atom is -0.463 e. The molecule has 0 fully saturated rings. The van der Waals surface area contributed by atoms with Crippen molar-refractivity contribution < 1.29 is 24.1 Å². The number of ether oxygens (including phenoxy) is 3. The van der Waals surface area contributed by atoms with Crippen molar-refractivity contribution in [3.63, 3.8) is 0 Å². The lowest BCUT2D eigenvalue weighted by atomic mass is 9.88. The van der Waals surface area contributed by atoms with E-state index >= 15 is 0 Å². The van der Waals surface area contributed by atoms with Crippen molar-refractivity contribution in [2.45, 2.75) is 33.6 Å². The molecule has 0 aliphatic carbocycles. The molecule has 0 aromatic rings. The summed E-state index contributed by atoms with van der Waals surface area (Å²) in [6.45, 7) is 7.69. The van der Waals surface area contributed by atoms with Gasteiger partial charge in [-0.15, -0.1) is 0 Å². The summed E-state index contributed by atoms with van der Waals surface area (Å²) in [5.74, 6) is -0.176. The van der Waals surface area contributed by atoms with E-state index in [1.54, 1.807) is 0 Å². The summed E-state index contributed by atoms with van der Waals surface area (Å²) in [5, 5.41) is 8.46. The van der Waals surface area contributed by atoms with Gasteiger partial charge in [-0.25, -0.2) is 0 Å². The molecule has 5 heteroatoms. The highest BCUT2D eigenvalue weighted by atomic mass is 16.6. The van der Waals surface area contributed by atoms with Crippen LogP contribution >= 0.6 is 0 Å². The maximum absolute atomic E-state index is 11.7. The van der Waals surface area contributed by atoms with Crippen LogP contribution in [0.25, 0.3) is 0 Å². The SMILES string of the molecule is CCCC(C)(C)C(=O)OCCOCCOCCO. The molecular formula is C13H26O5. The Labute approximate surface area is 109 Å². The van der Waals surface area contributed by atoms with Gasteiger partial charge in [0.2, 0.25) is 0 Å². The van der Waals surface area contributed by atoms with Crippen LogP contribution in [0.5, 0.6) is 0 Å². The molecular weight excluding hydrogens is 236 g/mol. The van der Waals surface area contributed by atoms with Crippen LogP contribution in [0.15, 0.2) is 0 Å². The fourth-order valence-electron chi connectivity index (χ4n) is 1.50. The highest BCUT2D eigenvalue weighted by Crippen LogP contribution is 2.23. The zero-order valence-electron chi connectivity index (χ0n) is 11.7. The first kappa shape index (κ1) is 17.4. The first-order valence-electron chi connectivity index (χ1n) is 6.48. The van der Waals surface area contributed by atoms with Gasteiger partial charge in [-0.2, -0.15) is 0 Å². The smallest absolute Gasteiger partial charge is 0.311 e. The Morgan fingerprint density at radius 3 is 2.17 bits per heavy atom. The molecule has 5 nitrogen and oxygen atoms in total. The van der Waals surface area contributed by atoms with Gasteiger partial charge in [-0.05, 0) is 20.3 Å². The molecule has 0 aliphatic rings. The Morgan fingerprint density at radius 1 is 1.06 bits per heavy atom. The average molecular weight is 262 g/mol. The van der Waals surface area contributed by atoms with Gasteiger partial charge < -0.3 is 19.3 Å². The van der Waals surface area contributed by atoms with Gasteiger partial charge in [-0.3, -0.25) is 4.79 Å². The Kier molecular flexibility index (Phi) is 9.92. The number of carbonyl (C=O) groups excluding carboxylic acids is 1. The third-order valence-corrected chi connectivity index (χ3v) is 2.50. The fraction of sp³-hybridized carbons (Fsp3) is 0.923. The van der Waals surface area contributed by atoms with Crippen LogP contribution in [0.2, 0.25) is 0 Å². The first-order chi connectivity index (χ1) is 8.54. The quantitative estimate of drug-likeness (QED) is 0.450. The fourth-order valence-corrected chi connectivity index (χ4v) is 1.50. The molecule has 0 saturated carbocycles. The van der Waals surface area contributed by atoms with Crippen LogP contribution in [0.1, 0.15) is 33.6 Å². The lowest BCUT2D eigenvalue weighted by Gasteiger charge is -2.21. The normalized spacial score (nSPS) is 11.6. The van der Waals surface area contributed by atoms with E-state index in [0.717, 1.165) is 12.8 Å². The largest absolute Gasteiger partial charge is 0.463 e. The van der Waals surface area contributed by atoms with Gasteiger partial charge in [-0.1, -0.05) is 13.3 Å². The highest BCUT2D eigenvalue weighted by Gasteiger charge is 2.27. The summed E-state index contributed by atoms with van der Waals surface area (Å²) < 4.78 is 15.4. The predicted octanol–water partition coefficient (Wildman–Crippen LogP) is 1.38. The Bertz CT molecular complexity index is 215. The van der Waals surface area contributed by atoms with E-state index in [1.165, 1.54) is 0 Å². The zero-order valence-corrected chi connectivity index (χ0v) is 11.7. The summed E-state index contributed by atoms with van der Waals surface area (Å²) in [5.41, 5.74) is -0.418. The predicted molar refractivity (Wildman–Crippen MR) is 68.4 cm³/mol. The maximum Gasteiger partial charge on any atom is 0.311 e. The molecule has 0 rings (SSSR count). The van der Waals surface area contributed by atoms with Gasteiger partial charge in [0.25, 0.3) is 0 Å². The number of rotatable bonds is 11. The first-order valence-corrected chi connectivity index (χ1v) is 6.48. The zero-order chi connectivity index (χ0) is 13.9. The van der Waals surface area contributed by atoms with Crippen LogP contribution < -0.4 is 0 Å². The number of aliphatic hydroxyl groups is 1. The standard InChI is InChI=1S/C13H26O5/c1-4-5-13(2,3)12(15)18-11-10-17-9-8-16-7-6-14/h14H,4-11H2,1-3H3. The topological polar surface area (TPSA) is 65.0 Å². The average Bonchev–Trinajstić information content (AvgIpc) is 2.32. The molecule has 0 atom stereocenters. The summed E-state index contributed by atoms with van der Waals surface area (Å²) >= 11 is 0. The second-order valence-electron chi connectivity index (χ2n) is 4.72. The van der Waals surface area contributed by atoms with Crippen LogP contribution in [-0.2, 0) is 19.0 Å². The number of hydrogen-bond acceptors (Lipinski definition) is 5. The minimum absolute atomic E-state index is 0.0180. The molecule has 0 unspecified atom stereocenters. The monoisotopic (exact) mass is 262 g/mol. The molecule has 0 spiro atoms. The van der Waals surface area contributed by atoms with Crippen LogP contribution in [0, 0.1) is 5.41 Å². The highest BCUT2D eigenvalue weighted by molar-refractivity contribution is 5.75. The van der Waals surface area contributed by atoms with Crippen molar-refractivity contribution in [2.24, 2.45) is 5.41 Å². The second-order valence-corrected chi connectivity index (χ2v) is 4.72. The van der Waals surface area contributed by atoms with Gasteiger partial charge in [0.15, 0.2) is 0 Å². The number of hydrogen-bond donors (Lipinski definition) is 1. The summed E-state index contributed by atoms with van der Waals surface area (Å²) in [7, 11) is 0. The van der Waals surface area contributed by atoms with Crippen LogP contribution in [0.4, 0.5) is 0 Å². The van der Waals surface area contributed by atoms with Crippen molar-refractivity contribution >= 4 is 5.97 Å². The molecule has 18 heavy (non-hydrogen) atoms. The number of carbonyl (C=O) groups is 1. The van der Waals surface area contributed by atoms with Crippen molar-refractivity contribution in [1.82, 2.24) is 0 Å². The molecule has 0 aliphatic heterocycles. The molecule has 0 saturated heterocycles. The van der Waals surface area contributed by atoms with Gasteiger partial charge >= 0.3 is 5.97 Å². The third-order valence-electron chi connectivity index (χ3n) is 2.50. The van der Waals surface area contributed by atoms with Gasteiger partial charge in [0.05, 0.1) is 38.4 Å². The second kappa shape index (κ2) is 10.3. The Hall–Kier alpha value is -0.650. The molecule has 0 aromatic carbocycles. The maximum atomic E-state index is 11.7. The van der Waals surface area contributed by atoms with Crippen LogP contribution in [0.3, 0.4) is 0 Å². The van der Waals surface area contributed by atoms with E-state index in [0.29, 0.717) is 26.4 Å². The summed E-state index contributed by atoms with van der Waals surface area (Å²) in [6.07, 6.45) is 1.78. The van der Waals surface area contributed by atoms with E-state index in [4.69, 9.17) is 19.3 Å². The van der Waals surface area contributed by atoms with E-state index in [1.807, 2.05) is 20.8 Å². The van der Waals surface area contributed by atoms with Gasteiger partial charge in [0, 0.05) is 0 Å². The molecule has 0 aromatic heterocycles. The van der Waals surface area contributed by atoms with Gasteiger partial charge in [0.1, 0.15) is 6.61 Å². The minimum atomic E-state index is -0.418. The van der Waals surface area contributed by atoms with Crippen molar-refractivity contribution in [2.75, 3.05) is 39.6 Å². The number of esters is 1. The summed E-state index contributed by atoms with van der Waals surface area (Å²) in [6, 6.07) is 0. The van der Waals surface area contributed by atoms with Crippen molar-refractivity contribution in [1.29, 1.82) is 0 Å². The van der Waals surface area contributed by atoms with E-state index < -0.39 is 5.41 Å². The molecule has 0 radical (unpaired) electrons. The Balaban J connectivity index is 3.46. The van der Waals surface area contributed by atoms with E-state index in [2.05, 4.69) is 0 Å². The third kappa shape index (κ3) is 8.44. The van der Waals surface area contributed by atoms with Crippen molar-refractivity contribution in [3.8, 4) is 0 Å².